The zero-order valence-corrected chi connectivity index (χ0v) is 19.2. The minimum absolute atomic E-state index is 0.185. The molecule has 1 N–H and O–H groups in total. The molecule has 4 rings (SSSR count). The first-order valence-electron chi connectivity index (χ1n) is 10.3. The summed E-state index contributed by atoms with van der Waals surface area (Å²) in [5.74, 6) is 0.238. The summed E-state index contributed by atoms with van der Waals surface area (Å²) >= 11 is 1.37. The molecule has 0 fully saturated rings. The average molecular weight is 456 g/mol. The van der Waals surface area contributed by atoms with Gasteiger partial charge in [0.25, 0.3) is 5.91 Å². The number of ether oxygens (including phenoxy) is 1. The molecular formula is C24H25NO4S2. The molecule has 0 bridgehead atoms. The number of nitrogens with one attached hydrogen (secondary N) is 1. The maximum atomic E-state index is 13.4. The van der Waals surface area contributed by atoms with Crippen LogP contribution in [0.25, 0.3) is 0 Å². The zero-order chi connectivity index (χ0) is 22.0. The first kappa shape index (κ1) is 21.6. The summed E-state index contributed by atoms with van der Waals surface area (Å²) < 4.78 is 32.5. The summed E-state index contributed by atoms with van der Waals surface area (Å²) in [5.41, 5.74) is 3.09. The molecule has 5 nitrogen and oxygen atoms in total. The molecule has 1 aromatic heterocycles. The lowest BCUT2D eigenvalue weighted by Crippen LogP contribution is -2.21. The Balaban J connectivity index is 1.60. The van der Waals surface area contributed by atoms with E-state index in [1.54, 1.807) is 30.3 Å². The van der Waals surface area contributed by atoms with Gasteiger partial charge in [-0.05, 0) is 80.5 Å². The van der Waals surface area contributed by atoms with Crippen LogP contribution in [0.15, 0.2) is 58.3 Å². The number of thiophene rings is 1. The molecular weight excluding hydrogens is 430 g/mol. The first-order valence-corrected chi connectivity index (χ1v) is 12.6. The predicted molar refractivity (Wildman–Crippen MR) is 123 cm³/mol. The minimum Gasteiger partial charge on any atom is -0.484 e. The number of hydrogen-bond donors (Lipinski definition) is 1. The Kier molecular flexibility index (Phi) is 6.16. The van der Waals surface area contributed by atoms with Gasteiger partial charge in [0, 0.05) is 4.88 Å². The fourth-order valence-corrected chi connectivity index (χ4v) is 7.05. The smallest absolute Gasteiger partial charge is 0.262 e. The van der Waals surface area contributed by atoms with Gasteiger partial charge in [0.2, 0.25) is 9.84 Å². The van der Waals surface area contributed by atoms with Crippen LogP contribution in [0.5, 0.6) is 5.75 Å². The van der Waals surface area contributed by atoms with Crippen molar-refractivity contribution in [2.45, 2.75) is 49.3 Å². The second kappa shape index (κ2) is 8.85. The van der Waals surface area contributed by atoms with E-state index in [1.807, 2.05) is 32.0 Å². The highest BCUT2D eigenvalue weighted by molar-refractivity contribution is 7.92. The largest absolute Gasteiger partial charge is 0.484 e. The molecule has 1 amide bonds. The number of rotatable bonds is 6. The van der Waals surface area contributed by atoms with Crippen molar-refractivity contribution in [3.63, 3.8) is 0 Å². The molecule has 0 unspecified atom stereocenters. The highest BCUT2D eigenvalue weighted by Gasteiger charge is 2.31. The number of carbonyl (C=O) groups excluding carboxylic acids is 1. The van der Waals surface area contributed by atoms with Crippen LogP contribution in [0, 0.1) is 13.8 Å². The van der Waals surface area contributed by atoms with Crippen LogP contribution in [0.2, 0.25) is 0 Å². The normalized spacial score (nSPS) is 13.5. The summed E-state index contributed by atoms with van der Waals surface area (Å²) in [6.45, 7) is 3.81. The van der Waals surface area contributed by atoms with Crippen molar-refractivity contribution in [1.82, 2.24) is 0 Å². The van der Waals surface area contributed by atoms with Gasteiger partial charge in [-0.25, -0.2) is 8.42 Å². The van der Waals surface area contributed by atoms with Crippen molar-refractivity contribution in [3.8, 4) is 5.75 Å². The number of carbonyl (C=O) groups is 1. The SMILES string of the molecule is Cc1ccc(OCC(=O)Nc2sc3c(c2S(=O)(=O)c2ccccc2)CCCC3)cc1C. The van der Waals surface area contributed by atoms with E-state index >= 15 is 0 Å². The van der Waals surface area contributed by atoms with Crippen molar-refractivity contribution in [2.24, 2.45) is 0 Å². The van der Waals surface area contributed by atoms with E-state index in [-0.39, 0.29) is 22.3 Å². The fourth-order valence-electron chi connectivity index (χ4n) is 3.74. The maximum Gasteiger partial charge on any atom is 0.262 e. The van der Waals surface area contributed by atoms with Gasteiger partial charge in [0.15, 0.2) is 6.61 Å². The monoisotopic (exact) mass is 455 g/mol. The molecule has 1 aliphatic carbocycles. The van der Waals surface area contributed by atoms with Crippen LogP contribution < -0.4 is 10.1 Å². The molecule has 7 heteroatoms. The van der Waals surface area contributed by atoms with Crippen LogP contribution in [0.1, 0.15) is 34.4 Å². The lowest BCUT2D eigenvalue weighted by molar-refractivity contribution is -0.118. The second-order valence-corrected chi connectivity index (χ2v) is 10.8. The standard InChI is InChI=1S/C24H25NO4S2/c1-16-12-13-18(14-17(16)2)29-15-22(26)25-24-23(20-10-6-7-11-21(20)30-24)31(27,28)19-8-4-3-5-9-19/h3-5,8-9,12-14H,6-7,10-11,15H2,1-2H3,(H,25,26). The molecule has 0 saturated carbocycles. The molecule has 3 aromatic rings. The van der Waals surface area contributed by atoms with Gasteiger partial charge >= 0.3 is 0 Å². The topological polar surface area (TPSA) is 72.5 Å². The van der Waals surface area contributed by atoms with Crippen molar-refractivity contribution in [3.05, 3.63) is 70.1 Å². The van der Waals surface area contributed by atoms with Crippen LogP contribution in [0.4, 0.5) is 5.00 Å². The Labute approximate surface area is 187 Å². The fraction of sp³-hybridized carbons (Fsp3) is 0.292. The van der Waals surface area contributed by atoms with Crippen LogP contribution in [-0.2, 0) is 27.5 Å². The molecule has 2 aromatic carbocycles. The Morgan fingerprint density at radius 2 is 1.77 bits per heavy atom. The molecule has 1 aliphatic rings. The van der Waals surface area contributed by atoms with Gasteiger partial charge in [-0.1, -0.05) is 24.3 Å². The molecule has 31 heavy (non-hydrogen) atoms. The van der Waals surface area contributed by atoms with Gasteiger partial charge in [0.1, 0.15) is 15.6 Å². The Bertz CT molecular complexity index is 1210. The van der Waals surface area contributed by atoms with Crippen molar-refractivity contribution in [2.75, 3.05) is 11.9 Å². The summed E-state index contributed by atoms with van der Waals surface area (Å²) in [5, 5.41) is 3.21. The Morgan fingerprint density at radius 3 is 2.52 bits per heavy atom. The quantitative estimate of drug-likeness (QED) is 0.562. The van der Waals surface area contributed by atoms with E-state index in [0.29, 0.717) is 17.2 Å². The number of fused-ring (bicyclic) bond motifs is 1. The van der Waals surface area contributed by atoms with Gasteiger partial charge in [-0.15, -0.1) is 11.3 Å². The second-order valence-electron chi connectivity index (χ2n) is 7.77. The number of anilines is 1. The first-order chi connectivity index (χ1) is 14.9. The number of amides is 1. The number of hydrogen-bond acceptors (Lipinski definition) is 5. The van der Waals surface area contributed by atoms with Crippen molar-refractivity contribution < 1.29 is 17.9 Å². The highest BCUT2D eigenvalue weighted by atomic mass is 32.2. The molecule has 0 spiro atoms. The third-order valence-electron chi connectivity index (χ3n) is 5.55. The predicted octanol–water partition coefficient (Wildman–Crippen LogP) is 5.09. The lowest BCUT2D eigenvalue weighted by Gasteiger charge is -2.14. The van der Waals surface area contributed by atoms with E-state index in [0.717, 1.165) is 40.8 Å². The summed E-state index contributed by atoms with van der Waals surface area (Å²) in [6, 6.07) is 14.0. The average Bonchev–Trinajstić information content (AvgIpc) is 3.13. The van der Waals surface area contributed by atoms with E-state index in [4.69, 9.17) is 4.74 Å². The van der Waals surface area contributed by atoms with E-state index in [9.17, 15) is 13.2 Å². The van der Waals surface area contributed by atoms with Gasteiger partial charge in [-0.2, -0.15) is 0 Å². The lowest BCUT2D eigenvalue weighted by atomic mass is 9.99. The summed E-state index contributed by atoms with van der Waals surface area (Å²) in [6.07, 6.45) is 3.53. The van der Waals surface area contributed by atoms with Gasteiger partial charge in [0.05, 0.1) is 4.90 Å². The summed E-state index contributed by atoms with van der Waals surface area (Å²) in [7, 11) is -3.74. The number of aryl methyl sites for hydroxylation is 3. The van der Waals surface area contributed by atoms with Gasteiger partial charge in [-0.3, -0.25) is 4.79 Å². The third kappa shape index (κ3) is 4.52. The van der Waals surface area contributed by atoms with Gasteiger partial charge < -0.3 is 10.1 Å². The number of sulfone groups is 1. The van der Waals surface area contributed by atoms with E-state index in [1.165, 1.54) is 11.3 Å². The molecule has 1 heterocycles. The third-order valence-corrected chi connectivity index (χ3v) is 8.76. The van der Waals surface area contributed by atoms with Crippen molar-refractivity contribution in [1.29, 1.82) is 0 Å². The minimum atomic E-state index is -3.74. The van der Waals surface area contributed by atoms with Crippen LogP contribution in [0.3, 0.4) is 0 Å². The van der Waals surface area contributed by atoms with Crippen molar-refractivity contribution >= 4 is 32.1 Å². The zero-order valence-electron chi connectivity index (χ0n) is 17.6. The molecule has 162 valence electrons. The molecule has 0 saturated heterocycles. The number of benzene rings is 2. The molecule has 0 atom stereocenters. The van der Waals surface area contributed by atoms with E-state index in [2.05, 4.69) is 5.32 Å². The van der Waals surface area contributed by atoms with Crippen LogP contribution >= 0.6 is 11.3 Å². The summed E-state index contributed by atoms with van der Waals surface area (Å²) in [4.78, 5) is 14.2. The van der Waals surface area contributed by atoms with E-state index < -0.39 is 9.84 Å². The maximum absolute atomic E-state index is 13.4. The Hall–Kier alpha value is -2.64. The highest BCUT2D eigenvalue weighted by Crippen LogP contribution is 2.43. The van der Waals surface area contributed by atoms with Crippen LogP contribution in [-0.4, -0.2) is 20.9 Å². The molecule has 0 aliphatic heterocycles. The molecule has 0 radical (unpaired) electrons. The Morgan fingerprint density at radius 1 is 1.03 bits per heavy atom.